The topological polar surface area (TPSA) is 48.1 Å². The molecule has 0 aliphatic rings. The zero-order valence-electron chi connectivity index (χ0n) is 10.6. The van der Waals surface area contributed by atoms with Gasteiger partial charge in [-0.1, -0.05) is 19.4 Å². The predicted molar refractivity (Wildman–Crippen MR) is 71.4 cm³/mol. The van der Waals surface area contributed by atoms with Gasteiger partial charge in [0.15, 0.2) is 0 Å². The molecule has 1 aromatic heterocycles. The molecule has 0 saturated heterocycles. The standard InChI is InChI=1S/C14H18N2O/c1-4-5-10-8-11(15)13-12(17-3)7-6-9(2)14(13)16-10/h6-8H,4-5H2,1-3H3,(H2,15,16). The lowest BCUT2D eigenvalue weighted by molar-refractivity contribution is 0.420. The molecule has 0 saturated carbocycles. The minimum atomic E-state index is 0.749. The first-order chi connectivity index (χ1) is 8.17. The van der Waals surface area contributed by atoms with E-state index in [0.29, 0.717) is 0 Å². The molecule has 17 heavy (non-hydrogen) atoms. The molecule has 0 atom stereocenters. The normalized spacial score (nSPS) is 10.8. The van der Waals surface area contributed by atoms with Gasteiger partial charge in [-0.2, -0.15) is 0 Å². The van der Waals surface area contributed by atoms with E-state index in [-0.39, 0.29) is 0 Å². The number of benzene rings is 1. The zero-order valence-corrected chi connectivity index (χ0v) is 10.6. The first-order valence-corrected chi connectivity index (χ1v) is 5.90. The summed E-state index contributed by atoms with van der Waals surface area (Å²) in [5.41, 5.74) is 9.99. The van der Waals surface area contributed by atoms with E-state index in [1.165, 1.54) is 0 Å². The predicted octanol–water partition coefficient (Wildman–Crippen LogP) is 3.09. The Morgan fingerprint density at radius 3 is 2.76 bits per heavy atom. The van der Waals surface area contributed by atoms with Crippen LogP contribution in [-0.4, -0.2) is 12.1 Å². The number of hydrogen-bond acceptors (Lipinski definition) is 3. The third-order valence-electron chi connectivity index (χ3n) is 2.93. The molecule has 2 aromatic rings. The number of anilines is 1. The summed E-state index contributed by atoms with van der Waals surface area (Å²) in [5.74, 6) is 0.790. The number of aromatic nitrogens is 1. The Balaban J connectivity index is 2.74. The third-order valence-corrected chi connectivity index (χ3v) is 2.93. The monoisotopic (exact) mass is 230 g/mol. The highest BCUT2D eigenvalue weighted by Crippen LogP contribution is 2.32. The van der Waals surface area contributed by atoms with Crippen LogP contribution in [-0.2, 0) is 6.42 Å². The van der Waals surface area contributed by atoms with Crippen LogP contribution in [0.3, 0.4) is 0 Å². The lowest BCUT2D eigenvalue weighted by Crippen LogP contribution is -1.99. The van der Waals surface area contributed by atoms with Crippen molar-refractivity contribution in [1.29, 1.82) is 0 Å². The molecular weight excluding hydrogens is 212 g/mol. The van der Waals surface area contributed by atoms with Crippen molar-refractivity contribution in [2.24, 2.45) is 0 Å². The number of fused-ring (bicyclic) bond motifs is 1. The zero-order chi connectivity index (χ0) is 12.4. The summed E-state index contributed by atoms with van der Waals surface area (Å²) in [7, 11) is 1.66. The first-order valence-electron chi connectivity index (χ1n) is 5.90. The van der Waals surface area contributed by atoms with Crippen molar-refractivity contribution in [3.63, 3.8) is 0 Å². The van der Waals surface area contributed by atoms with Crippen molar-refractivity contribution in [1.82, 2.24) is 4.98 Å². The van der Waals surface area contributed by atoms with E-state index in [2.05, 4.69) is 11.9 Å². The second-order valence-corrected chi connectivity index (χ2v) is 4.26. The maximum atomic E-state index is 6.11. The maximum absolute atomic E-state index is 6.11. The van der Waals surface area contributed by atoms with Crippen molar-refractivity contribution in [3.8, 4) is 5.75 Å². The number of methoxy groups -OCH3 is 1. The Kier molecular flexibility index (Phi) is 3.18. The molecule has 3 nitrogen and oxygen atoms in total. The smallest absolute Gasteiger partial charge is 0.130 e. The van der Waals surface area contributed by atoms with Gasteiger partial charge >= 0.3 is 0 Å². The minimum Gasteiger partial charge on any atom is -0.496 e. The lowest BCUT2D eigenvalue weighted by Gasteiger charge is -2.11. The number of rotatable bonds is 3. The lowest BCUT2D eigenvalue weighted by atomic mass is 10.1. The number of nitrogens with zero attached hydrogens (tertiary/aromatic N) is 1. The molecule has 0 amide bonds. The second-order valence-electron chi connectivity index (χ2n) is 4.26. The molecule has 0 bridgehead atoms. The number of hydrogen-bond donors (Lipinski definition) is 1. The molecular formula is C14H18N2O. The van der Waals surface area contributed by atoms with Gasteiger partial charge in [0.05, 0.1) is 18.0 Å². The molecule has 0 unspecified atom stereocenters. The Morgan fingerprint density at radius 2 is 2.12 bits per heavy atom. The Labute approximate surface area is 102 Å². The fraction of sp³-hybridized carbons (Fsp3) is 0.357. The molecule has 90 valence electrons. The van der Waals surface area contributed by atoms with Crippen LogP contribution in [0.5, 0.6) is 5.75 Å². The summed E-state index contributed by atoms with van der Waals surface area (Å²) in [6, 6.07) is 5.91. The van der Waals surface area contributed by atoms with Gasteiger partial charge in [-0.25, -0.2) is 0 Å². The molecule has 0 radical (unpaired) electrons. The average molecular weight is 230 g/mol. The van der Waals surface area contributed by atoms with Crippen molar-refractivity contribution in [2.75, 3.05) is 12.8 Å². The van der Waals surface area contributed by atoms with Gasteiger partial charge in [-0.3, -0.25) is 4.98 Å². The second kappa shape index (κ2) is 4.62. The number of pyridine rings is 1. The molecule has 3 heteroatoms. The number of aryl methyl sites for hydroxylation is 2. The summed E-state index contributed by atoms with van der Waals surface area (Å²) in [5, 5.41) is 0.923. The van der Waals surface area contributed by atoms with Crippen molar-refractivity contribution in [2.45, 2.75) is 26.7 Å². The quantitative estimate of drug-likeness (QED) is 0.881. The minimum absolute atomic E-state index is 0.749. The van der Waals surface area contributed by atoms with E-state index in [4.69, 9.17) is 10.5 Å². The summed E-state index contributed by atoms with van der Waals surface area (Å²) >= 11 is 0. The summed E-state index contributed by atoms with van der Waals surface area (Å²) in [4.78, 5) is 4.67. The van der Waals surface area contributed by atoms with Crippen LogP contribution >= 0.6 is 0 Å². The van der Waals surface area contributed by atoms with E-state index >= 15 is 0 Å². The Hall–Kier alpha value is -1.77. The summed E-state index contributed by atoms with van der Waals surface area (Å²) in [6.45, 7) is 4.18. The van der Waals surface area contributed by atoms with Crippen LogP contribution in [0, 0.1) is 6.92 Å². The SMILES string of the molecule is CCCc1cc(N)c2c(OC)ccc(C)c2n1. The average Bonchev–Trinajstić information content (AvgIpc) is 2.31. The van der Waals surface area contributed by atoms with E-state index in [0.717, 1.165) is 46.4 Å². The first kappa shape index (κ1) is 11.7. The highest BCUT2D eigenvalue weighted by Gasteiger charge is 2.10. The van der Waals surface area contributed by atoms with Crippen molar-refractivity contribution >= 4 is 16.6 Å². The van der Waals surface area contributed by atoms with E-state index in [9.17, 15) is 0 Å². The van der Waals surface area contributed by atoms with Gasteiger partial charge < -0.3 is 10.5 Å². The van der Waals surface area contributed by atoms with Crippen molar-refractivity contribution < 1.29 is 4.74 Å². The highest BCUT2D eigenvalue weighted by molar-refractivity contribution is 5.97. The molecule has 2 N–H and O–H groups in total. The van der Waals surface area contributed by atoms with Crippen LogP contribution in [0.25, 0.3) is 10.9 Å². The van der Waals surface area contributed by atoms with Gasteiger partial charge in [0.1, 0.15) is 5.75 Å². The van der Waals surface area contributed by atoms with E-state index in [1.807, 2.05) is 25.1 Å². The van der Waals surface area contributed by atoms with Gasteiger partial charge in [-0.15, -0.1) is 0 Å². The van der Waals surface area contributed by atoms with E-state index in [1.54, 1.807) is 7.11 Å². The van der Waals surface area contributed by atoms with Crippen LogP contribution < -0.4 is 10.5 Å². The molecule has 1 aromatic carbocycles. The van der Waals surface area contributed by atoms with E-state index < -0.39 is 0 Å². The Bertz CT molecular complexity index is 549. The Morgan fingerprint density at radius 1 is 1.35 bits per heavy atom. The molecule has 1 heterocycles. The molecule has 2 rings (SSSR count). The number of ether oxygens (including phenoxy) is 1. The van der Waals surface area contributed by atoms with Gasteiger partial charge in [-0.05, 0) is 31.0 Å². The highest BCUT2D eigenvalue weighted by atomic mass is 16.5. The van der Waals surface area contributed by atoms with Crippen LogP contribution in [0.2, 0.25) is 0 Å². The molecule has 0 fully saturated rings. The van der Waals surface area contributed by atoms with Gasteiger partial charge in [0.25, 0.3) is 0 Å². The summed E-state index contributed by atoms with van der Waals surface area (Å²) in [6.07, 6.45) is 2.03. The maximum Gasteiger partial charge on any atom is 0.130 e. The third kappa shape index (κ3) is 2.05. The largest absolute Gasteiger partial charge is 0.496 e. The van der Waals surface area contributed by atoms with Crippen molar-refractivity contribution in [3.05, 3.63) is 29.5 Å². The van der Waals surface area contributed by atoms with Gasteiger partial charge in [0.2, 0.25) is 0 Å². The molecule has 0 aliphatic carbocycles. The van der Waals surface area contributed by atoms with Gasteiger partial charge in [0, 0.05) is 11.4 Å². The number of nitrogen functional groups attached to an aromatic ring is 1. The molecule has 0 spiro atoms. The van der Waals surface area contributed by atoms with Crippen LogP contribution in [0.1, 0.15) is 24.6 Å². The van der Waals surface area contributed by atoms with Crippen LogP contribution in [0.4, 0.5) is 5.69 Å². The fourth-order valence-corrected chi connectivity index (χ4v) is 2.08. The summed E-state index contributed by atoms with van der Waals surface area (Å²) < 4.78 is 5.34. The number of nitrogens with two attached hydrogens (primary N) is 1. The van der Waals surface area contributed by atoms with Crippen LogP contribution in [0.15, 0.2) is 18.2 Å². The molecule has 0 aliphatic heterocycles. The fourth-order valence-electron chi connectivity index (χ4n) is 2.08.